The van der Waals surface area contributed by atoms with Gasteiger partial charge in [-0.25, -0.2) is 0 Å². The van der Waals surface area contributed by atoms with E-state index in [1.807, 2.05) is 17.0 Å². The van der Waals surface area contributed by atoms with Crippen LogP contribution in [0.4, 0.5) is 0 Å². The van der Waals surface area contributed by atoms with Crippen LogP contribution < -0.4 is 14.8 Å². The number of hydrogen-bond acceptors (Lipinski definition) is 4. The molecule has 0 bridgehead atoms. The van der Waals surface area contributed by atoms with Gasteiger partial charge in [-0.1, -0.05) is 13.8 Å². The van der Waals surface area contributed by atoms with Crippen molar-refractivity contribution >= 4 is 18.3 Å². The number of carbonyl (C=O) groups excluding carboxylic acids is 1. The fraction of sp³-hybridized carbons (Fsp3) is 0.650. The Balaban J connectivity index is 0.00000243. The fourth-order valence-electron chi connectivity index (χ4n) is 3.77. The molecule has 2 saturated heterocycles. The van der Waals surface area contributed by atoms with Crippen molar-refractivity contribution in [3.05, 3.63) is 23.8 Å². The summed E-state index contributed by atoms with van der Waals surface area (Å²) in [5.41, 5.74) is 1.09. The number of likely N-dealkylation sites (tertiary alicyclic amines) is 1. The van der Waals surface area contributed by atoms with E-state index in [1.54, 1.807) is 13.2 Å². The molecule has 146 valence electrons. The molecule has 6 heteroatoms. The number of nitrogens with zero attached hydrogens (tertiary/aromatic N) is 1. The molecule has 1 spiro atoms. The summed E-state index contributed by atoms with van der Waals surface area (Å²) in [5.74, 6) is 1.86. The molecule has 1 N–H and O–H groups in total. The average Bonchev–Trinajstić information content (AvgIpc) is 3.08. The zero-order valence-corrected chi connectivity index (χ0v) is 16.9. The van der Waals surface area contributed by atoms with E-state index in [4.69, 9.17) is 9.47 Å². The summed E-state index contributed by atoms with van der Waals surface area (Å²) in [6.45, 7) is 8.74. The summed E-state index contributed by atoms with van der Waals surface area (Å²) in [5, 5.41) is 3.47. The van der Waals surface area contributed by atoms with Crippen LogP contribution in [0.15, 0.2) is 18.2 Å². The molecule has 0 radical (unpaired) electrons. The molecule has 3 rings (SSSR count). The van der Waals surface area contributed by atoms with E-state index >= 15 is 0 Å². The number of methoxy groups -OCH3 is 1. The van der Waals surface area contributed by atoms with Gasteiger partial charge in [0.2, 0.25) is 0 Å². The van der Waals surface area contributed by atoms with Gasteiger partial charge >= 0.3 is 0 Å². The normalized spacial score (nSPS) is 18.7. The molecule has 1 amide bonds. The highest BCUT2D eigenvalue weighted by Crippen LogP contribution is 2.37. The number of carbonyl (C=O) groups is 1. The van der Waals surface area contributed by atoms with E-state index in [2.05, 4.69) is 19.2 Å². The second kappa shape index (κ2) is 8.96. The second-order valence-corrected chi connectivity index (χ2v) is 7.79. The summed E-state index contributed by atoms with van der Waals surface area (Å²) in [4.78, 5) is 14.8. The van der Waals surface area contributed by atoms with Crippen molar-refractivity contribution in [3.8, 4) is 11.5 Å². The predicted octanol–water partition coefficient (Wildman–Crippen LogP) is 3.37. The SMILES string of the molecule is COc1cc(C(=O)N2CCC3(CCNC3)CC2)ccc1OCC(C)C.Cl. The van der Waals surface area contributed by atoms with Gasteiger partial charge in [0.05, 0.1) is 13.7 Å². The number of benzene rings is 1. The first-order valence-electron chi connectivity index (χ1n) is 9.34. The molecule has 26 heavy (non-hydrogen) atoms. The first kappa shape index (κ1) is 20.8. The zero-order valence-electron chi connectivity index (χ0n) is 16.0. The van der Waals surface area contributed by atoms with Gasteiger partial charge in [0, 0.05) is 25.2 Å². The Morgan fingerprint density at radius 2 is 1.96 bits per heavy atom. The minimum Gasteiger partial charge on any atom is -0.493 e. The van der Waals surface area contributed by atoms with Crippen molar-refractivity contribution < 1.29 is 14.3 Å². The predicted molar refractivity (Wildman–Crippen MR) is 106 cm³/mol. The van der Waals surface area contributed by atoms with Crippen LogP contribution in [-0.4, -0.2) is 50.7 Å². The third kappa shape index (κ3) is 4.63. The van der Waals surface area contributed by atoms with Gasteiger partial charge in [-0.2, -0.15) is 0 Å². The molecule has 1 aromatic rings. The van der Waals surface area contributed by atoms with E-state index in [-0.39, 0.29) is 18.3 Å². The third-order valence-corrected chi connectivity index (χ3v) is 5.43. The molecule has 0 saturated carbocycles. The van der Waals surface area contributed by atoms with E-state index < -0.39 is 0 Å². The monoisotopic (exact) mass is 382 g/mol. The molecule has 2 aliphatic heterocycles. The van der Waals surface area contributed by atoms with Crippen LogP contribution in [0.3, 0.4) is 0 Å². The van der Waals surface area contributed by atoms with Crippen molar-refractivity contribution in [3.63, 3.8) is 0 Å². The highest BCUT2D eigenvalue weighted by Gasteiger charge is 2.38. The summed E-state index contributed by atoms with van der Waals surface area (Å²) < 4.78 is 11.2. The van der Waals surface area contributed by atoms with Gasteiger partial charge in [0.15, 0.2) is 11.5 Å². The Morgan fingerprint density at radius 1 is 1.23 bits per heavy atom. The molecule has 1 aromatic carbocycles. The van der Waals surface area contributed by atoms with Crippen LogP contribution in [-0.2, 0) is 0 Å². The molecule has 0 aliphatic carbocycles. The minimum absolute atomic E-state index is 0. The number of amides is 1. The van der Waals surface area contributed by atoms with Gasteiger partial charge in [0.25, 0.3) is 5.91 Å². The number of nitrogens with one attached hydrogen (secondary N) is 1. The van der Waals surface area contributed by atoms with E-state index in [1.165, 1.54) is 6.42 Å². The van der Waals surface area contributed by atoms with E-state index in [0.717, 1.165) is 39.0 Å². The lowest BCUT2D eigenvalue weighted by atomic mass is 9.78. The molecule has 2 fully saturated rings. The second-order valence-electron chi connectivity index (χ2n) is 7.79. The maximum atomic E-state index is 12.9. The molecule has 0 aromatic heterocycles. The average molecular weight is 383 g/mol. The lowest BCUT2D eigenvalue weighted by molar-refractivity contribution is 0.0607. The first-order chi connectivity index (χ1) is 12.0. The number of hydrogen-bond donors (Lipinski definition) is 1. The Bertz CT molecular complexity index is 605. The van der Waals surface area contributed by atoms with Gasteiger partial charge < -0.3 is 19.7 Å². The van der Waals surface area contributed by atoms with Crippen LogP contribution in [0.25, 0.3) is 0 Å². The fourth-order valence-corrected chi connectivity index (χ4v) is 3.77. The van der Waals surface area contributed by atoms with Crippen molar-refractivity contribution in [1.29, 1.82) is 0 Å². The third-order valence-electron chi connectivity index (χ3n) is 5.43. The minimum atomic E-state index is 0. The Kier molecular flexibility index (Phi) is 7.18. The van der Waals surface area contributed by atoms with Crippen molar-refractivity contribution in [2.45, 2.75) is 33.1 Å². The highest BCUT2D eigenvalue weighted by atomic mass is 35.5. The first-order valence-corrected chi connectivity index (χ1v) is 9.34. The molecular weight excluding hydrogens is 352 g/mol. The molecule has 2 aliphatic rings. The zero-order chi connectivity index (χ0) is 17.9. The maximum Gasteiger partial charge on any atom is 0.253 e. The summed E-state index contributed by atoms with van der Waals surface area (Å²) >= 11 is 0. The lowest BCUT2D eigenvalue weighted by Crippen LogP contribution is -2.44. The Hall–Kier alpha value is -1.46. The van der Waals surface area contributed by atoms with E-state index in [0.29, 0.717) is 35.0 Å². The largest absolute Gasteiger partial charge is 0.493 e. The van der Waals surface area contributed by atoms with Crippen molar-refractivity contribution in [2.75, 3.05) is 39.9 Å². The molecular formula is C20H31ClN2O3. The van der Waals surface area contributed by atoms with Gasteiger partial charge in [0.1, 0.15) is 0 Å². The van der Waals surface area contributed by atoms with Crippen LogP contribution in [0, 0.1) is 11.3 Å². The van der Waals surface area contributed by atoms with Crippen LogP contribution in [0.5, 0.6) is 11.5 Å². The number of rotatable bonds is 5. The van der Waals surface area contributed by atoms with Gasteiger partial charge in [-0.15, -0.1) is 12.4 Å². The summed E-state index contributed by atoms with van der Waals surface area (Å²) in [6.07, 6.45) is 3.43. The van der Waals surface area contributed by atoms with E-state index in [9.17, 15) is 4.79 Å². The quantitative estimate of drug-likeness (QED) is 0.848. The maximum absolute atomic E-state index is 12.9. The summed E-state index contributed by atoms with van der Waals surface area (Å²) in [7, 11) is 1.61. The molecule has 0 unspecified atom stereocenters. The van der Waals surface area contributed by atoms with Crippen LogP contribution in [0.2, 0.25) is 0 Å². The topological polar surface area (TPSA) is 50.8 Å². The summed E-state index contributed by atoms with van der Waals surface area (Å²) in [6, 6.07) is 5.50. The van der Waals surface area contributed by atoms with Gasteiger partial charge in [-0.3, -0.25) is 4.79 Å². The number of halogens is 1. The van der Waals surface area contributed by atoms with Crippen molar-refractivity contribution in [2.24, 2.45) is 11.3 Å². The molecule has 0 atom stereocenters. The lowest BCUT2D eigenvalue weighted by Gasteiger charge is -2.39. The number of ether oxygens (including phenoxy) is 2. The standard InChI is InChI=1S/C20H30N2O3.ClH/c1-15(2)13-25-17-5-4-16(12-18(17)24-3)19(23)22-10-7-20(8-11-22)6-9-21-14-20;/h4-5,12,15,21H,6-11,13-14H2,1-3H3;1H. The smallest absolute Gasteiger partial charge is 0.253 e. The molecule has 5 nitrogen and oxygen atoms in total. The van der Waals surface area contributed by atoms with Crippen LogP contribution in [0.1, 0.15) is 43.5 Å². The Labute approximate surface area is 162 Å². The van der Waals surface area contributed by atoms with Crippen molar-refractivity contribution in [1.82, 2.24) is 10.2 Å². The highest BCUT2D eigenvalue weighted by molar-refractivity contribution is 5.95. The Morgan fingerprint density at radius 3 is 2.54 bits per heavy atom. The number of piperidine rings is 1. The van der Waals surface area contributed by atoms with Crippen LogP contribution >= 0.6 is 12.4 Å². The van der Waals surface area contributed by atoms with Gasteiger partial charge in [-0.05, 0) is 55.3 Å². The molecule has 2 heterocycles.